The predicted molar refractivity (Wildman–Crippen MR) is 92.1 cm³/mol. The third kappa shape index (κ3) is 4.60. The molecule has 0 amide bonds. The summed E-state index contributed by atoms with van der Waals surface area (Å²) in [4.78, 5) is 4.07. The lowest BCUT2D eigenvalue weighted by atomic mass is 10.1. The van der Waals surface area contributed by atoms with Gasteiger partial charge in [0.1, 0.15) is 11.6 Å². The summed E-state index contributed by atoms with van der Waals surface area (Å²) < 4.78 is 26.5. The fourth-order valence-corrected chi connectivity index (χ4v) is 2.43. The van der Waals surface area contributed by atoms with Crippen LogP contribution in [0.25, 0.3) is 11.3 Å². The first-order valence-corrected chi connectivity index (χ1v) is 7.41. The van der Waals surface area contributed by atoms with Crippen molar-refractivity contribution in [3.05, 3.63) is 71.7 Å². The van der Waals surface area contributed by atoms with Gasteiger partial charge in [-0.1, -0.05) is 6.07 Å². The third-order valence-electron chi connectivity index (χ3n) is 3.64. The van der Waals surface area contributed by atoms with Gasteiger partial charge in [0.05, 0.1) is 18.0 Å². The molecular weight excluding hydrogens is 350 g/mol. The van der Waals surface area contributed by atoms with Crippen LogP contribution in [-0.2, 0) is 6.54 Å². The maximum absolute atomic E-state index is 13.6. The van der Waals surface area contributed by atoms with Crippen molar-refractivity contribution in [1.82, 2.24) is 20.5 Å². The van der Waals surface area contributed by atoms with Gasteiger partial charge in [-0.15, -0.1) is 12.4 Å². The second-order valence-electron chi connectivity index (χ2n) is 5.32. The molecule has 5 nitrogen and oxygen atoms in total. The molecule has 1 aromatic carbocycles. The molecule has 8 heteroatoms. The van der Waals surface area contributed by atoms with Gasteiger partial charge in [-0.3, -0.25) is 10.1 Å². The summed E-state index contributed by atoms with van der Waals surface area (Å²) in [6.07, 6.45) is 4.02. The lowest BCUT2D eigenvalue weighted by Gasteiger charge is -2.13. The second-order valence-corrected chi connectivity index (χ2v) is 5.32. The van der Waals surface area contributed by atoms with Gasteiger partial charge in [0.2, 0.25) is 0 Å². The van der Waals surface area contributed by atoms with Crippen molar-refractivity contribution in [3.63, 3.8) is 0 Å². The van der Waals surface area contributed by atoms with Crippen LogP contribution in [0, 0.1) is 11.6 Å². The van der Waals surface area contributed by atoms with Crippen LogP contribution in [0.15, 0.2) is 48.9 Å². The lowest BCUT2D eigenvalue weighted by Crippen LogP contribution is -2.21. The first-order chi connectivity index (χ1) is 11.6. The van der Waals surface area contributed by atoms with Crippen LogP contribution >= 0.6 is 12.4 Å². The molecule has 0 spiro atoms. The monoisotopic (exact) mass is 366 g/mol. The summed E-state index contributed by atoms with van der Waals surface area (Å²) in [5.74, 6) is -1.43. The van der Waals surface area contributed by atoms with Crippen LogP contribution in [0.1, 0.15) is 17.2 Å². The normalized spacial score (nSPS) is 11.8. The van der Waals surface area contributed by atoms with Crippen LogP contribution in [-0.4, -0.2) is 26.8 Å². The molecule has 1 unspecified atom stereocenters. The van der Waals surface area contributed by atoms with Crippen molar-refractivity contribution in [1.29, 1.82) is 0 Å². The molecule has 0 radical (unpaired) electrons. The van der Waals surface area contributed by atoms with E-state index in [0.29, 0.717) is 6.54 Å². The van der Waals surface area contributed by atoms with Gasteiger partial charge < -0.3 is 10.4 Å². The molecule has 25 heavy (non-hydrogen) atoms. The number of pyridine rings is 1. The largest absolute Gasteiger partial charge is 0.387 e. The average Bonchev–Trinajstić information content (AvgIpc) is 3.04. The number of H-pyrrole nitrogens is 1. The lowest BCUT2D eigenvalue weighted by molar-refractivity contribution is 0.169. The molecule has 0 saturated carbocycles. The first kappa shape index (κ1) is 19.0. The van der Waals surface area contributed by atoms with Gasteiger partial charge in [0.25, 0.3) is 0 Å². The minimum atomic E-state index is -1.07. The number of halogens is 3. The Kier molecular flexibility index (Phi) is 6.58. The van der Waals surface area contributed by atoms with E-state index < -0.39 is 17.7 Å². The van der Waals surface area contributed by atoms with Crippen molar-refractivity contribution >= 4 is 12.4 Å². The van der Waals surface area contributed by atoms with E-state index >= 15 is 0 Å². The summed E-state index contributed by atoms with van der Waals surface area (Å²) in [7, 11) is 0. The van der Waals surface area contributed by atoms with E-state index in [1.807, 2.05) is 12.1 Å². The molecule has 0 bridgehead atoms. The second kappa shape index (κ2) is 8.66. The van der Waals surface area contributed by atoms with Gasteiger partial charge >= 0.3 is 0 Å². The number of nitrogens with one attached hydrogen (secondary N) is 2. The highest BCUT2D eigenvalue weighted by Crippen LogP contribution is 2.20. The highest BCUT2D eigenvalue weighted by atomic mass is 35.5. The molecule has 2 aromatic heterocycles. The van der Waals surface area contributed by atoms with E-state index in [1.165, 1.54) is 6.07 Å². The summed E-state index contributed by atoms with van der Waals surface area (Å²) in [5.41, 5.74) is 2.69. The summed E-state index contributed by atoms with van der Waals surface area (Å²) in [5, 5.41) is 20.0. The quantitative estimate of drug-likeness (QED) is 0.627. The molecule has 0 fully saturated rings. The maximum Gasteiger partial charge on any atom is 0.131 e. The Labute approximate surface area is 149 Å². The minimum Gasteiger partial charge on any atom is -0.387 e. The van der Waals surface area contributed by atoms with Crippen molar-refractivity contribution in [2.75, 3.05) is 6.54 Å². The molecule has 1 atom stereocenters. The summed E-state index contributed by atoms with van der Waals surface area (Å²) in [6.45, 7) is 0.556. The SMILES string of the molecule is Cl.OC(CNCc1cn[nH]c1-c1cccnc1)c1ccc(F)cc1F. The number of benzene rings is 1. The van der Waals surface area contributed by atoms with Crippen LogP contribution in [0.2, 0.25) is 0 Å². The molecule has 0 saturated heterocycles. The Hall–Kier alpha value is -2.35. The zero-order valence-electron chi connectivity index (χ0n) is 13.1. The summed E-state index contributed by atoms with van der Waals surface area (Å²) >= 11 is 0. The molecule has 0 aliphatic heterocycles. The zero-order chi connectivity index (χ0) is 16.9. The maximum atomic E-state index is 13.6. The van der Waals surface area contributed by atoms with Crippen LogP contribution < -0.4 is 5.32 Å². The van der Waals surface area contributed by atoms with Crippen LogP contribution in [0.5, 0.6) is 0 Å². The molecule has 2 heterocycles. The smallest absolute Gasteiger partial charge is 0.131 e. The number of hydrogen-bond donors (Lipinski definition) is 3. The minimum absolute atomic E-state index is 0. The molecule has 3 rings (SSSR count). The Morgan fingerprint density at radius 3 is 2.76 bits per heavy atom. The van der Waals surface area contributed by atoms with Crippen molar-refractivity contribution in [2.45, 2.75) is 12.6 Å². The zero-order valence-corrected chi connectivity index (χ0v) is 13.9. The number of aromatic nitrogens is 3. The van der Waals surface area contributed by atoms with Crippen molar-refractivity contribution < 1.29 is 13.9 Å². The number of aliphatic hydroxyl groups excluding tert-OH is 1. The molecule has 132 valence electrons. The number of aromatic amines is 1. The number of aliphatic hydroxyl groups is 1. The Bertz CT molecular complexity index is 813. The van der Waals surface area contributed by atoms with Crippen LogP contribution in [0.4, 0.5) is 8.78 Å². The number of nitrogens with zero attached hydrogens (tertiary/aromatic N) is 2. The Morgan fingerprint density at radius 1 is 1.20 bits per heavy atom. The molecule has 3 aromatic rings. The fourth-order valence-electron chi connectivity index (χ4n) is 2.43. The average molecular weight is 367 g/mol. The first-order valence-electron chi connectivity index (χ1n) is 7.41. The van der Waals surface area contributed by atoms with Crippen LogP contribution in [0.3, 0.4) is 0 Å². The summed E-state index contributed by atoms with van der Waals surface area (Å²) in [6, 6.07) is 6.87. The topological polar surface area (TPSA) is 73.8 Å². The molecule has 0 aliphatic carbocycles. The Balaban J connectivity index is 0.00000225. The van der Waals surface area contributed by atoms with E-state index in [1.54, 1.807) is 18.6 Å². The van der Waals surface area contributed by atoms with E-state index in [4.69, 9.17) is 0 Å². The van der Waals surface area contributed by atoms with Gasteiger partial charge in [0, 0.05) is 48.2 Å². The third-order valence-corrected chi connectivity index (χ3v) is 3.64. The van der Waals surface area contributed by atoms with E-state index in [2.05, 4.69) is 20.5 Å². The Morgan fingerprint density at radius 2 is 2.04 bits per heavy atom. The fraction of sp³-hybridized carbons (Fsp3) is 0.176. The van der Waals surface area contributed by atoms with Crippen molar-refractivity contribution in [3.8, 4) is 11.3 Å². The number of rotatable bonds is 6. The van der Waals surface area contributed by atoms with Gasteiger partial charge in [-0.05, 0) is 18.2 Å². The van der Waals surface area contributed by atoms with E-state index in [9.17, 15) is 13.9 Å². The standard InChI is InChI=1S/C17H16F2N4O.ClH/c18-13-3-4-14(15(19)6-13)16(24)10-21-8-12-9-22-23-17(12)11-2-1-5-20-7-11;/h1-7,9,16,21,24H,8,10H2,(H,22,23);1H. The number of hydrogen-bond acceptors (Lipinski definition) is 4. The van der Waals surface area contributed by atoms with Gasteiger partial charge in [0.15, 0.2) is 0 Å². The highest BCUT2D eigenvalue weighted by Gasteiger charge is 2.14. The van der Waals surface area contributed by atoms with Gasteiger partial charge in [-0.2, -0.15) is 5.10 Å². The van der Waals surface area contributed by atoms with Gasteiger partial charge in [-0.25, -0.2) is 8.78 Å². The van der Waals surface area contributed by atoms with E-state index in [-0.39, 0.29) is 24.5 Å². The molecule has 3 N–H and O–H groups in total. The van der Waals surface area contributed by atoms with Crippen molar-refractivity contribution in [2.24, 2.45) is 0 Å². The molecule has 0 aliphatic rings. The van der Waals surface area contributed by atoms with E-state index in [0.717, 1.165) is 29.0 Å². The predicted octanol–water partition coefficient (Wildman–Crippen LogP) is 2.99. The highest BCUT2D eigenvalue weighted by molar-refractivity contribution is 5.85. The molecular formula is C17H17ClF2N4O.